The number of benzene rings is 1. The van der Waals surface area contributed by atoms with Crippen LogP contribution in [0, 0.1) is 11.8 Å². The van der Waals surface area contributed by atoms with Crippen LogP contribution in [0.1, 0.15) is 25.2 Å². The fourth-order valence-corrected chi connectivity index (χ4v) is 2.83. The summed E-state index contributed by atoms with van der Waals surface area (Å²) < 4.78 is 3.04. The smallest absolute Gasteiger partial charge is 0.138 e. The molecule has 0 bridgehead atoms. The molecule has 2 aromatic rings. The minimum atomic E-state index is 0.149. The van der Waals surface area contributed by atoms with Gasteiger partial charge in [0.1, 0.15) is 12.2 Å². The predicted octanol–water partition coefficient (Wildman–Crippen LogP) is 3.09. The van der Waals surface area contributed by atoms with Gasteiger partial charge in [0.05, 0.1) is 0 Å². The molecular weight excluding hydrogens is 330 g/mol. The van der Waals surface area contributed by atoms with E-state index < -0.39 is 0 Å². The van der Waals surface area contributed by atoms with E-state index in [-0.39, 0.29) is 12.5 Å². The third-order valence-corrected chi connectivity index (χ3v) is 4.20. The Labute approximate surface area is 134 Å². The molecule has 21 heavy (non-hydrogen) atoms. The molecule has 0 aliphatic heterocycles. The SMILES string of the molecule is CC(C)Cn1ncnc1CC(CO)Cc1ccccc1Br. The molecule has 0 saturated carbocycles. The van der Waals surface area contributed by atoms with Crippen molar-refractivity contribution in [2.45, 2.75) is 33.2 Å². The van der Waals surface area contributed by atoms with E-state index in [0.717, 1.165) is 29.7 Å². The Hall–Kier alpha value is -1.20. The zero-order valence-electron chi connectivity index (χ0n) is 12.5. The second-order valence-corrected chi connectivity index (χ2v) is 6.65. The Morgan fingerprint density at radius 1 is 1.24 bits per heavy atom. The first-order valence-corrected chi connectivity index (χ1v) is 8.10. The molecule has 4 nitrogen and oxygen atoms in total. The normalized spacial score (nSPS) is 12.8. The van der Waals surface area contributed by atoms with Gasteiger partial charge in [-0.25, -0.2) is 9.67 Å². The first-order valence-electron chi connectivity index (χ1n) is 7.31. The van der Waals surface area contributed by atoms with E-state index in [1.807, 2.05) is 22.9 Å². The molecule has 1 aromatic carbocycles. The molecule has 0 saturated heterocycles. The highest BCUT2D eigenvalue weighted by Gasteiger charge is 2.15. The van der Waals surface area contributed by atoms with Gasteiger partial charge in [0.15, 0.2) is 0 Å². The third kappa shape index (κ3) is 4.64. The lowest BCUT2D eigenvalue weighted by molar-refractivity contribution is 0.221. The van der Waals surface area contributed by atoms with Crippen molar-refractivity contribution in [3.05, 3.63) is 46.5 Å². The topological polar surface area (TPSA) is 50.9 Å². The van der Waals surface area contributed by atoms with E-state index in [1.165, 1.54) is 5.56 Å². The Balaban J connectivity index is 2.06. The number of halogens is 1. The summed E-state index contributed by atoms with van der Waals surface area (Å²) in [6.45, 7) is 5.34. The highest BCUT2D eigenvalue weighted by molar-refractivity contribution is 9.10. The summed E-state index contributed by atoms with van der Waals surface area (Å²) in [6.07, 6.45) is 3.17. The lowest BCUT2D eigenvalue weighted by Gasteiger charge is -2.16. The highest BCUT2D eigenvalue weighted by Crippen LogP contribution is 2.21. The Kier molecular flexibility index (Phi) is 5.94. The van der Waals surface area contributed by atoms with E-state index in [1.54, 1.807) is 6.33 Å². The summed E-state index contributed by atoms with van der Waals surface area (Å²) in [5, 5.41) is 14.0. The molecule has 0 radical (unpaired) electrons. The zero-order valence-corrected chi connectivity index (χ0v) is 14.1. The molecule has 0 fully saturated rings. The molecule has 1 unspecified atom stereocenters. The average Bonchev–Trinajstić information content (AvgIpc) is 2.86. The van der Waals surface area contributed by atoms with Gasteiger partial charge in [-0.2, -0.15) is 5.10 Å². The van der Waals surface area contributed by atoms with E-state index in [4.69, 9.17) is 0 Å². The summed E-state index contributed by atoms with van der Waals surface area (Å²) in [4.78, 5) is 4.35. The van der Waals surface area contributed by atoms with Crippen LogP contribution in [0.3, 0.4) is 0 Å². The Bertz CT molecular complexity index is 568. The summed E-state index contributed by atoms with van der Waals surface area (Å²) in [7, 11) is 0. The maximum absolute atomic E-state index is 9.68. The fraction of sp³-hybridized carbons (Fsp3) is 0.500. The van der Waals surface area contributed by atoms with Gasteiger partial charge in [-0.05, 0) is 29.9 Å². The monoisotopic (exact) mass is 351 g/mol. The van der Waals surface area contributed by atoms with Crippen LogP contribution in [0.15, 0.2) is 35.1 Å². The molecule has 114 valence electrons. The van der Waals surface area contributed by atoms with Crippen LogP contribution >= 0.6 is 15.9 Å². The van der Waals surface area contributed by atoms with E-state index in [0.29, 0.717) is 5.92 Å². The van der Waals surface area contributed by atoms with Crippen molar-refractivity contribution in [1.82, 2.24) is 14.8 Å². The molecule has 0 amide bonds. The average molecular weight is 352 g/mol. The van der Waals surface area contributed by atoms with Gasteiger partial charge in [-0.15, -0.1) is 0 Å². The number of nitrogens with zero attached hydrogens (tertiary/aromatic N) is 3. The predicted molar refractivity (Wildman–Crippen MR) is 87.0 cm³/mol. The fourth-order valence-electron chi connectivity index (χ4n) is 2.38. The van der Waals surface area contributed by atoms with Crippen LogP contribution in [0.2, 0.25) is 0 Å². The lowest BCUT2D eigenvalue weighted by atomic mass is 9.96. The first-order chi connectivity index (χ1) is 10.1. The number of hydrogen-bond acceptors (Lipinski definition) is 3. The molecular formula is C16H22BrN3O. The molecule has 0 aliphatic rings. The van der Waals surface area contributed by atoms with E-state index in [9.17, 15) is 5.11 Å². The molecule has 0 spiro atoms. The number of aliphatic hydroxyl groups is 1. The maximum Gasteiger partial charge on any atom is 0.138 e. The number of rotatable bonds is 7. The number of aliphatic hydroxyl groups excluding tert-OH is 1. The minimum absolute atomic E-state index is 0.149. The van der Waals surface area contributed by atoms with Crippen molar-refractivity contribution in [1.29, 1.82) is 0 Å². The maximum atomic E-state index is 9.68. The molecule has 0 aliphatic carbocycles. The van der Waals surface area contributed by atoms with Crippen LogP contribution in [-0.4, -0.2) is 26.5 Å². The van der Waals surface area contributed by atoms with Gasteiger partial charge >= 0.3 is 0 Å². The molecule has 1 atom stereocenters. The Morgan fingerprint density at radius 2 is 2.00 bits per heavy atom. The van der Waals surface area contributed by atoms with Crippen LogP contribution in [0.5, 0.6) is 0 Å². The zero-order chi connectivity index (χ0) is 15.2. The molecule has 1 heterocycles. The van der Waals surface area contributed by atoms with Gasteiger partial charge < -0.3 is 5.11 Å². The van der Waals surface area contributed by atoms with Crippen molar-refractivity contribution >= 4 is 15.9 Å². The summed E-state index contributed by atoms with van der Waals surface area (Å²) in [5.41, 5.74) is 1.21. The van der Waals surface area contributed by atoms with Gasteiger partial charge in [-0.3, -0.25) is 0 Å². The first kappa shape index (κ1) is 16.2. The molecule has 1 aromatic heterocycles. The number of hydrogen-bond donors (Lipinski definition) is 1. The van der Waals surface area contributed by atoms with Gasteiger partial charge in [0, 0.05) is 24.0 Å². The second-order valence-electron chi connectivity index (χ2n) is 5.80. The quantitative estimate of drug-likeness (QED) is 0.833. The van der Waals surface area contributed by atoms with E-state index in [2.05, 4.69) is 45.9 Å². The van der Waals surface area contributed by atoms with Crippen molar-refractivity contribution < 1.29 is 5.11 Å². The van der Waals surface area contributed by atoms with Crippen LogP contribution in [-0.2, 0) is 19.4 Å². The summed E-state index contributed by atoms with van der Waals surface area (Å²) in [5.74, 6) is 1.63. The number of aromatic nitrogens is 3. The van der Waals surface area contributed by atoms with Crippen LogP contribution in [0.4, 0.5) is 0 Å². The highest BCUT2D eigenvalue weighted by atomic mass is 79.9. The summed E-state index contributed by atoms with van der Waals surface area (Å²) in [6, 6.07) is 8.15. The van der Waals surface area contributed by atoms with Crippen molar-refractivity contribution in [3.8, 4) is 0 Å². The van der Waals surface area contributed by atoms with Gasteiger partial charge in [-0.1, -0.05) is 48.0 Å². The van der Waals surface area contributed by atoms with Crippen molar-refractivity contribution in [2.24, 2.45) is 11.8 Å². The van der Waals surface area contributed by atoms with Crippen molar-refractivity contribution in [3.63, 3.8) is 0 Å². The minimum Gasteiger partial charge on any atom is -0.396 e. The van der Waals surface area contributed by atoms with Crippen molar-refractivity contribution in [2.75, 3.05) is 6.61 Å². The second kappa shape index (κ2) is 7.71. The molecule has 2 rings (SSSR count). The van der Waals surface area contributed by atoms with Crippen LogP contribution < -0.4 is 0 Å². The lowest BCUT2D eigenvalue weighted by Crippen LogP contribution is -2.18. The largest absolute Gasteiger partial charge is 0.396 e. The molecule has 1 N–H and O–H groups in total. The van der Waals surface area contributed by atoms with Gasteiger partial charge in [0.25, 0.3) is 0 Å². The molecule has 5 heteroatoms. The Morgan fingerprint density at radius 3 is 2.67 bits per heavy atom. The van der Waals surface area contributed by atoms with E-state index >= 15 is 0 Å². The van der Waals surface area contributed by atoms with Gasteiger partial charge in [0.2, 0.25) is 0 Å². The third-order valence-electron chi connectivity index (χ3n) is 3.43. The standard InChI is InChI=1S/C16H22BrN3O/c1-12(2)9-20-16(18-11-19-20)8-13(10-21)7-14-5-3-4-6-15(14)17/h3-6,11-13,21H,7-10H2,1-2H3. The summed E-state index contributed by atoms with van der Waals surface area (Å²) >= 11 is 3.56. The van der Waals surface area contributed by atoms with Crippen LogP contribution in [0.25, 0.3) is 0 Å².